The predicted molar refractivity (Wildman–Crippen MR) is 99.8 cm³/mol. The molecule has 2 aromatic carbocycles. The van der Waals surface area contributed by atoms with Crippen LogP contribution in [0, 0.1) is 6.92 Å². The number of carbonyl (C=O) groups excluding carboxylic acids is 1. The van der Waals surface area contributed by atoms with Crippen molar-refractivity contribution in [1.82, 2.24) is 4.57 Å². The summed E-state index contributed by atoms with van der Waals surface area (Å²) in [5.74, 6) is 0.678. The van der Waals surface area contributed by atoms with E-state index < -0.39 is 17.6 Å². The second-order valence-corrected chi connectivity index (χ2v) is 6.74. The first-order chi connectivity index (χ1) is 13.7. The van der Waals surface area contributed by atoms with Gasteiger partial charge >= 0.3 is 6.18 Å². The SMILES string of the molecule is Cc1c(C(N)=O)cc(-c2ccc(C(F)(F)F)cc2)n1Cc1ccc2c(c1)OCO2. The molecule has 1 amide bonds. The summed E-state index contributed by atoms with van der Waals surface area (Å²) in [6.45, 7) is 2.29. The molecule has 0 saturated carbocycles. The molecular weight excluding hydrogens is 385 g/mol. The molecule has 1 aliphatic rings. The number of rotatable bonds is 4. The molecule has 0 spiro atoms. The van der Waals surface area contributed by atoms with Crippen LogP contribution in [-0.4, -0.2) is 17.3 Å². The lowest BCUT2D eigenvalue weighted by Gasteiger charge is -2.14. The number of carbonyl (C=O) groups is 1. The van der Waals surface area contributed by atoms with E-state index in [1.807, 2.05) is 16.7 Å². The molecule has 3 aromatic rings. The summed E-state index contributed by atoms with van der Waals surface area (Å²) in [4.78, 5) is 11.8. The highest BCUT2D eigenvalue weighted by Gasteiger charge is 2.30. The smallest absolute Gasteiger partial charge is 0.416 e. The fourth-order valence-electron chi connectivity index (χ4n) is 3.39. The average molecular weight is 402 g/mol. The van der Waals surface area contributed by atoms with Gasteiger partial charge in [-0.25, -0.2) is 0 Å². The number of alkyl halides is 3. The second-order valence-electron chi connectivity index (χ2n) is 6.74. The van der Waals surface area contributed by atoms with Crippen LogP contribution in [0.15, 0.2) is 48.5 Å². The monoisotopic (exact) mass is 402 g/mol. The maximum absolute atomic E-state index is 12.9. The minimum atomic E-state index is -4.42. The van der Waals surface area contributed by atoms with Gasteiger partial charge in [0.2, 0.25) is 6.79 Å². The maximum Gasteiger partial charge on any atom is 0.416 e. The largest absolute Gasteiger partial charge is 0.454 e. The Kier molecular flexibility index (Phi) is 4.49. The second kappa shape index (κ2) is 6.88. The number of nitrogens with two attached hydrogens (primary N) is 1. The standard InChI is InChI=1S/C21H17F3N2O3/c1-12-16(20(25)27)9-17(14-3-5-15(6-4-14)21(22,23)24)26(12)10-13-2-7-18-19(8-13)29-11-28-18/h2-9H,10-11H2,1H3,(H2,25,27). The molecule has 0 fully saturated rings. The number of benzene rings is 2. The van der Waals surface area contributed by atoms with E-state index in [0.29, 0.717) is 40.6 Å². The van der Waals surface area contributed by atoms with Gasteiger partial charge in [0.15, 0.2) is 11.5 Å². The van der Waals surface area contributed by atoms with E-state index in [9.17, 15) is 18.0 Å². The summed E-state index contributed by atoms with van der Waals surface area (Å²) in [5, 5.41) is 0. The van der Waals surface area contributed by atoms with Crippen molar-refractivity contribution < 1.29 is 27.4 Å². The molecule has 150 valence electrons. The van der Waals surface area contributed by atoms with Crippen LogP contribution in [0.5, 0.6) is 11.5 Å². The first kappa shape index (κ1) is 18.9. The van der Waals surface area contributed by atoms with Crippen LogP contribution in [0.25, 0.3) is 11.3 Å². The number of primary amides is 1. The Morgan fingerprint density at radius 2 is 1.76 bits per heavy atom. The molecule has 4 rings (SSSR count). The summed E-state index contributed by atoms with van der Waals surface area (Å²) in [6.07, 6.45) is -4.42. The van der Waals surface area contributed by atoms with Gasteiger partial charge in [0.25, 0.3) is 5.91 Å². The normalized spacial score (nSPS) is 13.0. The van der Waals surface area contributed by atoms with Crippen LogP contribution in [0.4, 0.5) is 13.2 Å². The minimum Gasteiger partial charge on any atom is -0.454 e. The van der Waals surface area contributed by atoms with Crippen molar-refractivity contribution in [2.45, 2.75) is 19.6 Å². The number of fused-ring (bicyclic) bond motifs is 1. The average Bonchev–Trinajstić information content (AvgIpc) is 3.26. The van der Waals surface area contributed by atoms with Crippen molar-refractivity contribution >= 4 is 5.91 Å². The molecule has 0 unspecified atom stereocenters. The highest BCUT2D eigenvalue weighted by molar-refractivity contribution is 5.95. The number of ether oxygens (including phenoxy) is 2. The molecule has 8 heteroatoms. The lowest BCUT2D eigenvalue weighted by Crippen LogP contribution is -2.12. The van der Waals surface area contributed by atoms with Gasteiger partial charge in [-0.2, -0.15) is 13.2 Å². The molecule has 2 N–H and O–H groups in total. The van der Waals surface area contributed by atoms with Crippen LogP contribution in [0.1, 0.15) is 27.2 Å². The minimum absolute atomic E-state index is 0.157. The van der Waals surface area contributed by atoms with E-state index in [1.165, 1.54) is 12.1 Å². The maximum atomic E-state index is 12.9. The number of halogens is 3. The van der Waals surface area contributed by atoms with Gasteiger partial charge in [-0.15, -0.1) is 0 Å². The van der Waals surface area contributed by atoms with Crippen LogP contribution in [0.2, 0.25) is 0 Å². The Balaban J connectivity index is 1.76. The molecule has 0 saturated heterocycles. The predicted octanol–water partition coefficient (Wildman–Crippen LogP) is 4.36. The molecular formula is C21H17F3N2O3. The van der Waals surface area contributed by atoms with E-state index >= 15 is 0 Å². The fraction of sp³-hybridized carbons (Fsp3) is 0.190. The summed E-state index contributed by atoms with van der Waals surface area (Å²) in [6, 6.07) is 11.9. The lowest BCUT2D eigenvalue weighted by atomic mass is 10.1. The Morgan fingerprint density at radius 3 is 2.41 bits per heavy atom. The molecule has 0 radical (unpaired) electrons. The third-order valence-electron chi connectivity index (χ3n) is 4.92. The van der Waals surface area contributed by atoms with E-state index in [1.54, 1.807) is 19.1 Å². The van der Waals surface area contributed by atoms with Gasteiger partial charge in [0, 0.05) is 17.9 Å². The number of hydrogen-bond donors (Lipinski definition) is 1. The zero-order valence-corrected chi connectivity index (χ0v) is 15.4. The lowest BCUT2D eigenvalue weighted by molar-refractivity contribution is -0.137. The van der Waals surface area contributed by atoms with Crippen LogP contribution >= 0.6 is 0 Å². The van der Waals surface area contributed by atoms with Gasteiger partial charge in [0.1, 0.15) is 0 Å². The summed E-state index contributed by atoms with van der Waals surface area (Å²) in [5.41, 5.74) is 7.74. The third-order valence-corrected chi connectivity index (χ3v) is 4.92. The van der Waals surface area contributed by atoms with Gasteiger partial charge in [0.05, 0.1) is 11.1 Å². The van der Waals surface area contributed by atoms with E-state index in [-0.39, 0.29) is 6.79 Å². The summed E-state index contributed by atoms with van der Waals surface area (Å²) >= 11 is 0. The summed E-state index contributed by atoms with van der Waals surface area (Å²) < 4.78 is 51.2. The van der Waals surface area contributed by atoms with Crippen molar-refractivity contribution in [2.24, 2.45) is 5.73 Å². The quantitative estimate of drug-likeness (QED) is 0.705. The molecule has 5 nitrogen and oxygen atoms in total. The zero-order valence-electron chi connectivity index (χ0n) is 15.4. The molecule has 1 aliphatic heterocycles. The number of aromatic nitrogens is 1. The Bertz CT molecular complexity index is 1090. The van der Waals surface area contributed by atoms with Crippen molar-refractivity contribution in [3.8, 4) is 22.8 Å². The van der Waals surface area contributed by atoms with Crippen molar-refractivity contribution in [2.75, 3.05) is 6.79 Å². The highest BCUT2D eigenvalue weighted by Crippen LogP contribution is 2.35. The van der Waals surface area contributed by atoms with Crippen molar-refractivity contribution in [3.05, 3.63) is 70.9 Å². The molecule has 0 atom stereocenters. The van der Waals surface area contributed by atoms with Gasteiger partial charge < -0.3 is 19.8 Å². The van der Waals surface area contributed by atoms with Gasteiger partial charge in [-0.1, -0.05) is 18.2 Å². The molecule has 1 aromatic heterocycles. The van der Waals surface area contributed by atoms with Gasteiger partial charge in [-0.3, -0.25) is 4.79 Å². The molecule has 0 bridgehead atoms. The van der Waals surface area contributed by atoms with Gasteiger partial charge in [-0.05, 0) is 48.4 Å². The van der Waals surface area contributed by atoms with Crippen LogP contribution in [-0.2, 0) is 12.7 Å². The fourth-order valence-corrected chi connectivity index (χ4v) is 3.39. The first-order valence-corrected chi connectivity index (χ1v) is 8.80. The van der Waals surface area contributed by atoms with E-state index in [4.69, 9.17) is 15.2 Å². The molecule has 29 heavy (non-hydrogen) atoms. The Morgan fingerprint density at radius 1 is 1.07 bits per heavy atom. The zero-order chi connectivity index (χ0) is 20.8. The summed E-state index contributed by atoms with van der Waals surface area (Å²) in [7, 11) is 0. The molecule has 0 aliphatic carbocycles. The highest BCUT2D eigenvalue weighted by atomic mass is 19.4. The Labute approximate surface area is 164 Å². The van der Waals surface area contributed by atoms with Crippen molar-refractivity contribution in [1.29, 1.82) is 0 Å². The molecule has 2 heterocycles. The Hall–Kier alpha value is -3.42. The van der Waals surface area contributed by atoms with E-state index in [2.05, 4.69) is 0 Å². The van der Waals surface area contributed by atoms with Crippen LogP contribution in [0.3, 0.4) is 0 Å². The number of hydrogen-bond acceptors (Lipinski definition) is 3. The van der Waals surface area contributed by atoms with Crippen molar-refractivity contribution in [3.63, 3.8) is 0 Å². The topological polar surface area (TPSA) is 66.5 Å². The number of nitrogens with zero attached hydrogens (tertiary/aromatic N) is 1. The first-order valence-electron chi connectivity index (χ1n) is 8.80. The number of amides is 1. The van der Waals surface area contributed by atoms with Crippen LogP contribution < -0.4 is 15.2 Å². The third kappa shape index (κ3) is 3.53. The van der Waals surface area contributed by atoms with E-state index in [0.717, 1.165) is 17.7 Å².